The summed E-state index contributed by atoms with van der Waals surface area (Å²) >= 11 is 0. The number of rotatable bonds is 20. The summed E-state index contributed by atoms with van der Waals surface area (Å²) in [6, 6.07) is 0. The van der Waals surface area contributed by atoms with Crippen molar-refractivity contribution in [3.8, 4) is 0 Å². The standard InChI is InChI=1S/C28H50O5/c1-3-5-7-9-11-13-15-17-19-31-27(29)23-21-25-26(33-25)22-24(23)28(30)32-20-18-16-14-12-10-8-6-4-2/h23-26H,3-22H2,1-2H3. The van der Waals surface area contributed by atoms with Gasteiger partial charge in [0, 0.05) is 0 Å². The maximum absolute atomic E-state index is 12.7. The van der Waals surface area contributed by atoms with Gasteiger partial charge in [-0.05, 0) is 25.7 Å². The summed E-state index contributed by atoms with van der Waals surface area (Å²) in [6.07, 6.45) is 20.9. The summed E-state index contributed by atoms with van der Waals surface area (Å²) in [6.45, 7) is 5.38. The zero-order chi connectivity index (χ0) is 23.7. The largest absolute Gasteiger partial charge is 0.465 e. The van der Waals surface area contributed by atoms with Crippen molar-refractivity contribution in [3.05, 3.63) is 0 Å². The lowest BCUT2D eigenvalue weighted by molar-refractivity contribution is -0.162. The number of carbonyl (C=O) groups is 2. The highest BCUT2D eigenvalue weighted by atomic mass is 16.6. The zero-order valence-corrected chi connectivity index (χ0v) is 21.5. The number of esters is 2. The maximum atomic E-state index is 12.7. The van der Waals surface area contributed by atoms with E-state index in [-0.39, 0.29) is 24.1 Å². The Morgan fingerprint density at radius 1 is 0.576 bits per heavy atom. The number of unbranched alkanes of at least 4 members (excludes halogenated alkanes) is 14. The van der Waals surface area contributed by atoms with Crippen molar-refractivity contribution in [2.45, 2.75) is 142 Å². The van der Waals surface area contributed by atoms with Crippen LogP contribution < -0.4 is 0 Å². The number of carbonyl (C=O) groups excluding carboxylic acids is 2. The van der Waals surface area contributed by atoms with Crippen LogP contribution in [-0.4, -0.2) is 37.4 Å². The summed E-state index contributed by atoms with van der Waals surface area (Å²) in [5, 5.41) is 0. The lowest BCUT2D eigenvalue weighted by Crippen LogP contribution is -2.37. The van der Waals surface area contributed by atoms with Crippen molar-refractivity contribution in [2.75, 3.05) is 13.2 Å². The Morgan fingerprint density at radius 2 is 0.909 bits per heavy atom. The first-order chi connectivity index (χ1) is 16.2. The third-order valence-electron chi connectivity index (χ3n) is 7.24. The lowest BCUT2D eigenvalue weighted by Gasteiger charge is -2.26. The molecule has 0 aromatic rings. The van der Waals surface area contributed by atoms with Gasteiger partial charge in [-0.2, -0.15) is 0 Å². The molecule has 0 spiro atoms. The summed E-state index contributed by atoms with van der Waals surface area (Å²) in [5.74, 6) is -1.29. The highest BCUT2D eigenvalue weighted by molar-refractivity contribution is 5.82. The number of epoxide rings is 1. The van der Waals surface area contributed by atoms with E-state index >= 15 is 0 Å². The van der Waals surface area contributed by atoms with E-state index in [1.165, 1.54) is 77.0 Å². The molecule has 0 radical (unpaired) electrons. The highest BCUT2D eigenvalue weighted by Gasteiger charge is 2.53. The topological polar surface area (TPSA) is 65.1 Å². The quantitative estimate of drug-likeness (QED) is 0.108. The van der Waals surface area contributed by atoms with E-state index in [9.17, 15) is 9.59 Å². The molecule has 0 aromatic heterocycles. The Bertz CT molecular complexity index is 488. The van der Waals surface area contributed by atoms with Gasteiger partial charge in [0.05, 0.1) is 37.3 Å². The summed E-state index contributed by atoms with van der Waals surface area (Å²) < 4.78 is 16.8. The first-order valence-electron chi connectivity index (χ1n) is 14.2. The Labute approximate surface area is 202 Å². The molecule has 1 aliphatic carbocycles. The van der Waals surface area contributed by atoms with Crippen molar-refractivity contribution in [1.29, 1.82) is 0 Å². The molecule has 0 bridgehead atoms. The van der Waals surface area contributed by atoms with Crippen LogP contribution in [-0.2, 0) is 23.8 Å². The number of hydrogen-bond acceptors (Lipinski definition) is 5. The summed E-state index contributed by atoms with van der Waals surface area (Å²) in [4.78, 5) is 25.4. The summed E-state index contributed by atoms with van der Waals surface area (Å²) in [7, 11) is 0. The molecule has 1 heterocycles. The summed E-state index contributed by atoms with van der Waals surface area (Å²) in [5.41, 5.74) is 0. The second kappa shape index (κ2) is 17.4. The maximum Gasteiger partial charge on any atom is 0.309 e. The van der Waals surface area contributed by atoms with Gasteiger partial charge in [0.15, 0.2) is 0 Å². The van der Waals surface area contributed by atoms with E-state index in [0.717, 1.165) is 25.7 Å². The first kappa shape index (κ1) is 28.1. The fraction of sp³-hybridized carbons (Fsp3) is 0.929. The second-order valence-corrected chi connectivity index (χ2v) is 10.2. The van der Waals surface area contributed by atoms with E-state index in [1.54, 1.807) is 0 Å². The molecule has 1 saturated carbocycles. The first-order valence-corrected chi connectivity index (χ1v) is 14.2. The third kappa shape index (κ3) is 11.7. The second-order valence-electron chi connectivity index (χ2n) is 10.2. The normalized spacial score (nSPS) is 23.7. The average molecular weight is 467 g/mol. The van der Waals surface area contributed by atoms with Crippen LogP contribution >= 0.6 is 0 Å². The van der Waals surface area contributed by atoms with Gasteiger partial charge >= 0.3 is 11.9 Å². The number of hydrogen-bond donors (Lipinski definition) is 0. The fourth-order valence-corrected chi connectivity index (χ4v) is 4.98. The van der Waals surface area contributed by atoms with E-state index < -0.39 is 11.8 Å². The van der Waals surface area contributed by atoms with Crippen LogP contribution in [0.15, 0.2) is 0 Å². The SMILES string of the molecule is CCCCCCCCCCOC(=O)C1CC2OC2CC1C(=O)OCCCCCCCCCC. The lowest BCUT2D eigenvalue weighted by atomic mass is 9.79. The molecule has 0 amide bonds. The van der Waals surface area contributed by atoms with Gasteiger partial charge in [-0.3, -0.25) is 9.59 Å². The zero-order valence-electron chi connectivity index (χ0n) is 21.5. The molecular weight excluding hydrogens is 416 g/mol. The molecule has 5 nitrogen and oxygen atoms in total. The smallest absolute Gasteiger partial charge is 0.309 e. The molecule has 2 rings (SSSR count). The molecule has 2 aliphatic rings. The average Bonchev–Trinajstić information content (AvgIpc) is 3.59. The monoisotopic (exact) mass is 466 g/mol. The molecule has 192 valence electrons. The fourth-order valence-electron chi connectivity index (χ4n) is 4.98. The van der Waals surface area contributed by atoms with Crippen LogP contribution in [0.4, 0.5) is 0 Å². The van der Waals surface area contributed by atoms with Gasteiger partial charge in [-0.25, -0.2) is 0 Å². The van der Waals surface area contributed by atoms with Crippen molar-refractivity contribution >= 4 is 11.9 Å². The van der Waals surface area contributed by atoms with Crippen molar-refractivity contribution in [3.63, 3.8) is 0 Å². The van der Waals surface area contributed by atoms with Gasteiger partial charge in [0.2, 0.25) is 0 Å². The van der Waals surface area contributed by atoms with E-state index in [0.29, 0.717) is 26.1 Å². The highest BCUT2D eigenvalue weighted by Crippen LogP contribution is 2.43. The molecule has 1 aliphatic heterocycles. The predicted octanol–water partition coefficient (Wildman–Crippen LogP) is 7.15. The predicted molar refractivity (Wildman–Crippen MR) is 132 cm³/mol. The van der Waals surface area contributed by atoms with Gasteiger partial charge in [-0.1, -0.05) is 104 Å². The van der Waals surface area contributed by atoms with Crippen LogP contribution in [0, 0.1) is 11.8 Å². The van der Waals surface area contributed by atoms with Gasteiger partial charge in [-0.15, -0.1) is 0 Å². The van der Waals surface area contributed by atoms with Gasteiger partial charge in [0.1, 0.15) is 0 Å². The van der Waals surface area contributed by atoms with E-state index in [4.69, 9.17) is 14.2 Å². The molecule has 0 aromatic carbocycles. The molecule has 0 N–H and O–H groups in total. The number of fused-ring (bicyclic) bond motifs is 1. The van der Waals surface area contributed by atoms with Gasteiger partial charge in [0.25, 0.3) is 0 Å². The van der Waals surface area contributed by atoms with Crippen LogP contribution in [0.2, 0.25) is 0 Å². The Balaban J connectivity index is 1.58. The Kier molecular flexibility index (Phi) is 14.8. The third-order valence-corrected chi connectivity index (χ3v) is 7.24. The molecule has 2 fully saturated rings. The molecule has 4 unspecified atom stereocenters. The van der Waals surface area contributed by atoms with E-state index in [2.05, 4.69) is 13.8 Å². The van der Waals surface area contributed by atoms with Gasteiger partial charge < -0.3 is 14.2 Å². The molecular formula is C28H50O5. The minimum atomic E-state index is -0.408. The van der Waals surface area contributed by atoms with Crippen molar-refractivity contribution in [1.82, 2.24) is 0 Å². The van der Waals surface area contributed by atoms with Crippen LogP contribution in [0.25, 0.3) is 0 Å². The van der Waals surface area contributed by atoms with Crippen LogP contribution in [0.5, 0.6) is 0 Å². The number of ether oxygens (including phenoxy) is 3. The Morgan fingerprint density at radius 3 is 1.27 bits per heavy atom. The minimum Gasteiger partial charge on any atom is -0.465 e. The van der Waals surface area contributed by atoms with Crippen molar-refractivity contribution in [2.24, 2.45) is 11.8 Å². The van der Waals surface area contributed by atoms with Crippen molar-refractivity contribution < 1.29 is 23.8 Å². The molecule has 33 heavy (non-hydrogen) atoms. The molecule has 1 saturated heterocycles. The Hall–Kier alpha value is -1.10. The molecule has 5 heteroatoms. The molecule has 4 atom stereocenters. The minimum absolute atomic E-state index is 0.127. The van der Waals surface area contributed by atoms with Crippen LogP contribution in [0.1, 0.15) is 129 Å². The van der Waals surface area contributed by atoms with Crippen LogP contribution in [0.3, 0.4) is 0 Å². The van der Waals surface area contributed by atoms with E-state index in [1.807, 2.05) is 0 Å².